The molecule has 1 N–H and O–H groups in total. The van der Waals surface area contributed by atoms with Crippen molar-refractivity contribution in [3.05, 3.63) is 66.1 Å². The molecule has 0 radical (unpaired) electrons. The van der Waals surface area contributed by atoms with Crippen molar-refractivity contribution in [3.8, 4) is 6.07 Å². The summed E-state index contributed by atoms with van der Waals surface area (Å²) >= 11 is 0. The van der Waals surface area contributed by atoms with Crippen LogP contribution in [0.1, 0.15) is 11.4 Å². The lowest BCUT2D eigenvalue weighted by atomic mass is 10.2. The first kappa shape index (κ1) is 13.9. The molecule has 0 saturated heterocycles. The van der Waals surface area contributed by atoms with Crippen LogP contribution in [0.2, 0.25) is 0 Å². The van der Waals surface area contributed by atoms with Gasteiger partial charge in [-0.05, 0) is 31.2 Å². The minimum atomic E-state index is 0.499. The van der Waals surface area contributed by atoms with Gasteiger partial charge in [-0.1, -0.05) is 29.8 Å². The van der Waals surface area contributed by atoms with Crippen LogP contribution in [0.4, 0.5) is 5.69 Å². The number of imidazole rings is 1. The fourth-order valence-electron chi connectivity index (χ4n) is 2.34. The zero-order chi connectivity index (χ0) is 15.5. The summed E-state index contributed by atoms with van der Waals surface area (Å²) in [5.74, 6) is 0.656. The molecule has 0 spiro atoms. The Bertz CT molecular complexity index is 880. The Kier molecular flexibility index (Phi) is 3.63. The average Bonchev–Trinajstić information content (AvgIpc) is 2.87. The van der Waals surface area contributed by atoms with Crippen LogP contribution < -0.4 is 5.32 Å². The second-order valence-electron chi connectivity index (χ2n) is 5.16. The van der Waals surface area contributed by atoms with E-state index < -0.39 is 0 Å². The van der Waals surface area contributed by atoms with Crippen molar-refractivity contribution >= 4 is 22.3 Å². The molecule has 22 heavy (non-hydrogen) atoms. The molecular weight excluding hydrogens is 272 g/mol. The topological polar surface area (TPSA) is 53.6 Å². The van der Waals surface area contributed by atoms with E-state index >= 15 is 0 Å². The molecule has 0 fully saturated rings. The summed E-state index contributed by atoms with van der Waals surface area (Å²) in [5.41, 5.74) is 4.53. The third-order valence-electron chi connectivity index (χ3n) is 3.58. The van der Waals surface area contributed by atoms with Gasteiger partial charge >= 0.3 is 0 Å². The number of fused-ring (bicyclic) bond motifs is 1. The second-order valence-corrected chi connectivity index (χ2v) is 5.16. The first-order valence-electron chi connectivity index (χ1n) is 7.04. The number of benzene rings is 2. The van der Waals surface area contributed by atoms with Gasteiger partial charge in [0.15, 0.2) is 5.82 Å². The molecule has 3 aromatic rings. The molecule has 0 amide bonds. The van der Waals surface area contributed by atoms with Gasteiger partial charge in [0.25, 0.3) is 0 Å². The lowest BCUT2D eigenvalue weighted by Crippen LogP contribution is -1.98. The fourth-order valence-corrected chi connectivity index (χ4v) is 2.34. The van der Waals surface area contributed by atoms with Gasteiger partial charge < -0.3 is 9.88 Å². The van der Waals surface area contributed by atoms with E-state index in [2.05, 4.69) is 16.4 Å². The summed E-state index contributed by atoms with van der Waals surface area (Å²) in [4.78, 5) is 4.54. The number of hydrogen-bond donors (Lipinski definition) is 1. The first-order valence-corrected chi connectivity index (χ1v) is 7.04. The van der Waals surface area contributed by atoms with Crippen molar-refractivity contribution in [1.29, 1.82) is 5.26 Å². The highest BCUT2D eigenvalue weighted by atomic mass is 15.1. The van der Waals surface area contributed by atoms with E-state index in [1.807, 2.05) is 67.1 Å². The van der Waals surface area contributed by atoms with E-state index in [1.165, 1.54) is 5.56 Å². The van der Waals surface area contributed by atoms with Gasteiger partial charge in [-0.3, -0.25) is 0 Å². The quantitative estimate of drug-likeness (QED) is 0.745. The Balaban J connectivity index is 1.95. The number of anilines is 1. The summed E-state index contributed by atoms with van der Waals surface area (Å²) in [6, 6.07) is 18.1. The number of para-hydroxylation sites is 2. The van der Waals surface area contributed by atoms with Gasteiger partial charge in [-0.25, -0.2) is 4.98 Å². The zero-order valence-electron chi connectivity index (χ0n) is 12.5. The van der Waals surface area contributed by atoms with Gasteiger partial charge in [-0.15, -0.1) is 0 Å². The Morgan fingerprint density at radius 3 is 2.59 bits per heavy atom. The molecule has 4 nitrogen and oxygen atoms in total. The van der Waals surface area contributed by atoms with E-state index in [0.29, 0.717) is 11.4 Å². The smallest absolute Gasteiger partial charge is 0.153 e. The molecule has 3 rings (SSSR count). The molecule has 0 saturated carbocycles. The van der Waals surface area contributed by atoms with Crippen LogP contribution in [0.3, 0.4) is 0 Å². The van der Waals surface area contributed by atoms with Crippen LogP contribution in [-0.2, 0) is 7.05 Å². The summed E-state index contributed by atoms with van der Waals surface area (Å²) in [6.45, 7) is 2.04. The van der Waals surface area contributed by atoms with E-state index in [0.717, 1.165) is 16.7 Å². The Morgan fingerprint density at radius 1 is 1.18 bits per heavy atom. The lowest BCUT2D eigenvalue weighted by molar-refractivity contribution is 0.924. The van der Waals surface area contributed by atoms with Gasteiger partial charge in [0, 0.05) is 18.9 Å². The van der Waals surface area contributed by atoms with Crippen molar-refractivity contribution in [1.82, 2.24) is 9.55 Å². The maximum Gasteiger partial charge on any atom is 0.153 e. The summed E-state index contributed by atoms with van der Waals surface area (Å²) < 4.78 is 1.93. The molecule has 0 aliphatic rings. The van der Waals surface area contributed by atoms with Crippen LogP contribution in [0.5, 0.6) is 0 Å². The van der Waals surface area contributed by atoms with Crippen LogP contribution >= 0.6 is 0 Å². The SMILES string of the molecule is Cc1ccc(N/C=C(\C#N)c2nc3ccccc3n2C)cc1. The highest BCUT2D eigenvalue weighted by molar-refractivity contribution is 5.83. The number of hydrogen-bond acceptors (Lipinski definition) is 3. The predicted molar refractivity (Wildman–Crippen MR) is 89.1 cm³/mol. The minimum absolute atomic E-state index is 0.499. The lowest BCUT2D eigenvalue weighted by Gasteiger charge is -2.04. The molecule has 108 valence electrons. The third-order valence-corrected chi connectivity index (χ3v) is 3.58. The number of nitriles is 1. The van der Waals surface area contributed by atoms with Crippen LogP contribution in [-0.4, -0.2) is 9.55 Å². The standard InChI is InChI=1S/C18H16N4/c1-13-7-9-15(10-8-13)20-12-14(11-19)18-21-16-5-3-4-6-17(16)22(18)2/h3-10,12,20H,1-2H3/b14-12+. The number of allylic oxidation sites excluding steroid dienone is 1. The van der Waals surface area contributed by atoms with Crippen molar-refractivity contribution in [2.75, 3.05) is 5.32 Å². The predicted octanol–water partition coefficient (Wildman–Crippen LogP) is 3.86. The number of aromatic nitrogens is 2. The first-order chi connectivity index (χ1) is 10.7. The van der Waals surface area contributed by atoms with Crippen molar-refractivity contribution < 1.29 is 0 Å². The van der Waals surface area contributed by atoms with E-state index in [9.17, 15) is 5.26 Å². The highest BCUT2D eigenvalue weighted by Crippen LogP contribution is 2.20. The van der Waals surface area contributed by atoms with Crippen molar-refractivity contribution in [2.24, 2.45) is 7.05 Å². The van der Waals surface area contributed by atoms with Gasteiger partial charge in [0.2, 0.25) is 0 Å². The molecule has 0 atom stereocenters. The average molecular weight is 288 g/mol. The van der Waals surface area contributed by atoms with E-state index in [1.54, 1.807) is 6.20 Å². The summed E-state index contributed by atoms with van der Waals surface area (Å²) in [5, 5.41) is 12.6. The number of rotatable bonds is 3. The molecule has 0 aliphatic carbocycles. The third kappa shape index (κ3) is 2.57. The summed E-state index contributed by atoms with van der Waals surface area (Å²) in [6.07, 6.45) is 1.70. The molecular formula is C18H16N4. The molecule has 4 heteroatoms. The number of nitrogens with zero attached hydrogens (tertiary/aromatic N) is 3. The minimum Gasteiger partial charge on any atom is -0.360 e. The maximum absolute atomic E-state index is 9.44. The molecule has 0 unspecified atom stereocenters. The fraction of sp³-hybridized carbons (Fsp3) is 0.111. The monoisotopic (exact) mass is 288 g/mol. The Hall–Kier alpha value is -3.06. The molecule has 1 heterocycles. The Morgan fingerprint density at radius 2 is 1.91 bits per heavy atom. The van der Waals surface area contributed by atoms with Crippen molar-refractivity contribution in [2.45, 2.75) is 6.92 Å². The van der Waals surface area contributed by atoms with Crippen LogP contribution in [0.25, 0.3) is 16.6 Å². The van der Waals surface area contributed by atoms with E-state index in [-0.39, 0.29) is 0 Å². The zero-order valence-corrected chi connectivity index (χ0v) is 12.5. The Labute approximate surface area is 129 Å². The van der Waals surface area contributed by atoms with Crippen LogP contribution in [0.15, 0.2) is 54.7 Å². The number of aryl methyl sites for hydroxylation is 2. The largest absolute Gasteiger partial charge is 0.360 e. The van der Waals surface area contributed by atoms with Gasteiger partial charge in [-0.2, -0.15) is 5.26 Å². The van der Waals surface area contributed by atoms with Crippen LogP contribution in [0, 0.1) is 18.3 Å². The van der Waals surface area contributed by atoms with Gasteiger partial charge in [0.05, 0.1) is 11.0 Å². The maximum atomic E-state index is 9.44. The van der Waals surface area contributed by atoms with E-state index in [4.69, 9.17) is 0 Å². The molecule has 1 aromatic heterocycles. The molecule has 0 aliphatic heterocycles. The van der Waals surface area contributed by atoms with Gasteiger partial charge in [0.1, 0.15) is 11.6 Å². The molecule has 2 aromatic carbocycles. The highest BCUT2D eigenvalue weighted by Gasteiger charge is 2.11. The number of nitrogens with one attached hydrogen (secondary N) is 1. The second kappa shape index (κ2) is 5.74. The molecule has 0 bridgehead atoms. The van der Waals surface area contributed by atoms with Crippen molar-refractivity contribution in [3.63, 3.8) is 0 Å². The summed E-state index contributed by atoms with van der Waals surface area (Å²) in [7, 11) is 1.92. The normalized spacial score (nSPS) is 11.4.